The first-order chi connectivity index (χ1) is 5.18. The number of aliphatic hydroxyl groups is 1. The number of rotatable bonds is 1. The summed E-state index contributed by atoms with van der Waals surface area (Å²) < 4.78 is 5.14. The van der Waals surface area contributed by atoms with E-state index in [2.05, 4.69) is 0 Å². The molecule has 0 aromatic rings. The molecule has 3 atom stereocenters. The molecule has 0 spiro atoms. The Labute approximate surface area is 63.1 Å². The Balaban J connectivity index is 2.24. The largest absolute Gasteiger partial charge is 0.478 e. The van der Waals surface area contributed by atoms with E-state index >= 15 is 0 Å². The maximum absolute atomic E-state index is 10.5. The second-order valence-electron chi connectivity index (χ2n) is 2.82. The molecule has 0 aliphatic carbocycles. The highest BCUT2D eigenvalue weighted by molar-refractivity contribution is 5.88. The van der Waals surface area contributed by atoms with Crippen molar-refractivity contribution in [1.82, 2.24) is 0 Å². The van der Waals surface area contributed by atoms with Gasteiger partial charge in [0, 0.05) is 6.42 Å². The summed E-state index contributed by atoms with van der Waals surface area (Å²) in [7, 11) is 0. The van der Waals surface area contributed by atoms with Gasteiger partial charge in [-0.3, -0.25) is 0 Å². The average molecular weight is 156 g/mol. The molecule has 2 bridgehead atoms. The van der Waals surface area contributed by atoms with Gasteiger partial charge in [-0.1, -0.05) is 0 Å². The van der Waals surface area contributed by atoms with Gasteiger partial charge in [0.15, 0.2) is 0 Å². The van der Waals surface area contributed by atoms with Gasteiger partial charge < -0.3 is 14.9 Å². The number of carbonyl (C=O) groups is 1. The zero-order chi connectivity index (χ0) is 8.01. The molecule has 0 saturated carbocycles. The second kappa shape index (κ2) is 2.06. The smallest absolute Gasteiger partial charge is 0.333 e. The van der Waals surface area contributed by atoms with Crippen LogP contribution in [0.25, 0.3) is 0 Å². The van der Waals surface area contributed by atoms with Gasteiger partial charge in [-0.2, -0.15) is 0 Å². The van der Waals surface area contributed by atoms with E-state index in [0.717, 1.165) is 0 Å². The molecule has 0 radical (unpaired) electrons. The SMILES string of the molecule is O=C(O)C1=C[C@H]2O[C@@H]1C[C@@H]2O. The molecule has 1 fully saturated rings. The van der Waals surface area contributed by atoms with Crippen molar-refractivity contribution in [1.29, 1.82) is 0 Å². The minimum Gasteiger partial charge on any atom is -0.478 e. The second-order valence-corrected chi connectivity index (χ2v) is 2.82. The first-order valence-electron chi connectivity index (χ1n) is 3.47. The van der Waals surface area contributed by atoms with Crippen molar-refractivity contribution in [2.45, 2.75) is 24.7 Å². The molecule has 2 aliphatic rings. The Bertz CT molecular complexity index is 233. The molecule has 0 amide bonds. The molecule has 11 heavy (non-hydrogen) atoms. The van der Waals surface area contributed by atoms with Gasteiger partial charge in [0.2, 0.25) is 0 Å². The molecular weight excluding hydrogens is 148 g/mol. The van der Waals surface area contributed by atoms with Crippen molar-refractivity contribution in [2.75, 3.05) is 0 Å². The quantitative estimate of drug-likeness (QED) is 0.538. The molecular formula is C7H8O4. The molecule has 2 rings (SSSR count). The molecule has 0 aromatic heterocycles. The fourth-order valence-electron chi connectivity index (χ4n) is 1.53. The highest BCUT2D eigenvalue weighted by Gasteiger charge is 2.42. The van der Waals surface area contributed by atoms with Crippen LogP contribution in [0.1, 0.15) is 6.42 Å². The zero-order valence-corrected chi connectivity index (χ0v) is 5.73. The van der Waals surface area contributed by atoms with Gasteiger partial charge in [0.25, 0.3) is 0 Å². The summed E-state index contributed by atoms with van der Waals surface area (Å²) in [5, 5.41) is 17.7. The van der Waals surface area contributed by atoms with Gasteiger partial charge in [-0.05, 0) is 6.08 Å². The van der Waals surface area contributed by atoms with Crippen molar-refractivity contribution in [2.24, 2.45) is 0 Å². The average Bonchev–Trinajstić information content (AvgIpc) is 2.43. The van der Waals surface area contributed by atoms with Gasteiger partial charge in [0.1, 0.15) is 6.10 Å². The van der Waals surface area contributed by atoms with E-state index in [1.165, 1.54) is 6.08 Å². The van der Waals surface area contributed by atoms with Crippen LogP contribution in [-0.4, -0.2) is 34.5 Å². The van der Waals surface area contributed by atoms with E-state index in [1.54, 1.807) is 0 Å². The molecule has 60 valence electrons. The third-order valence-corrected chi connectivity index (χ3v) is 2.09. The Hall–Kier alpha value is -0.870. The summed E-state index contributed by atoms with van der Waals surface area (Å²) in [4.78, 5) is 10.5. The maximum Gasteiger partial charge on any atom is 0.333 e. The summed E-state index contributed by atoms with van der Waals surface area (Å²) >= 11 is 0. The number of carboxylic acids is 1. The third kappa shape index (κ3) is 0.868. The molecule has 2 N–H and O–H groups in total. The highest BCUT2D eigenvalue weighted by atomic mass is 16.5. The van der Waals surface area contributed by atoms with E-state index < -0.39 is 12.1 Å². The first-order valence-corrected chi connectivity index (χ1v) is 3.47. The Kier molecular flexibility index (Phi) is 1.27. The van der Waals surface area contributed by atoms with Gasteiger partial charge in [0.05, 0.1) is 17.8 Å². The molecule has 4 heteroatoms. The van der Waals surface area contributed by atoms with Crippen LogP contribution in [0.5, 0.6) is 0 Å². The van der Waals surface area contributed by atoms with Crippen molar-refractivity contribution >= 4 is 5.97 Å². The number of aliphatic hydroxyl groups excluding tert-OH is 1. The predicted octanol–water partition coefficient (Wildman–Crippen LogP) is -0.471. The number of aliphatic carboxylic acids is 1. The summed E-state index contributed by atoms with van der Waals surface area (Å²) in [6.07, 6.45) is 0.631. The number of hydrogen-bond acceptors (Lipinski definition) is 3. The lowest BCUT2D eigenvalue weighted by molar-refractivity contribution is -0.133. The van der Waals surface area contributed by atoms with Crippen LogP contribution in [0.4, 0.5) is 0 Å². The Morgan fingerprint density at radius 1 is 1.73 bits per heavy atom. The molecule has 0 aromatic carbocycles. The first kappa shape index (κ1) is 6.82. The molecule has 2 aliphatic heterocycles. The van der Waals surface area contributed by atoms with Crippen LogP contribution >= 0.6 is 0 Å². The van der Waals surface area contributed by atoms with Crippen molar-refractivity contribution in [3.8, 4) is 0 Å². The minimum atomic E-state index is -0.940. The fourth-order valence-corrected chi connectivity index (χ4v) is 1.53. The van der Waals surface area contributed by atoms with E-state index in [-0.39, 0.29) is 12.2 Å². The number of carboxylic acid groups (broad SMARTS) is 1. The van der Waals surface area contributed by atoms with Gasteiger partial charge in [-0.15, -0.1) is 0 Å². The molecule has 0 unspecified atom stereocenters. The van der Waals surface area contributed by atoms with Gasteiger partial charge >= 0.3 is 5.97 Å². The molecule has 2 heterocycles. The van der Waals surface area contributed by atoms with E-state index in [9.17, 15) is 4.79 Å². The van der Waals surface area contributed by atoms with Crippen LogP contribution in [0.15, 0.2) is 11.6 Å². The van der Waals surface area contributed by atoms with E-state index in [1.807, 2.05) is 0 Å². The number of hydrogen-bond donors (Lipinski definition) is 2. The van der Waals surface area contributed by atoms with Crippen molar-refractivity contribution in [3.63, 3.8) is 0 Å². The Morgan fingerprint density at radius 3 is 2.82 bits per heavy atom. The van der Waals surface area contributed by atoms with Crippen molar-refractivity contribution in [3.05, 3.63) is 11.6 Å². The third-order valence-electron chi connectivity index (χ3n) is 2.09. The van der Waals surface area contributed by atoms with E-state index in [4.69, 9.17) is 14.9 Å². The number of fused-ring (bicyclic) bond motifs is 2. The monoisotopic (exact) mass is 156 g/mol. The van der Waals surface area contributed by atoms with Crippen LogP contribution in [0.3, 0.4) is 0 Å². The number of ether oxygens (including phenoxy) is 1. The topological polar surface area (TPSA) is 66.8 Å². The maximum atomic E-state index is 10.5. The van der Waals surface area contributed by atoms with Crippen LogP contribution in [-0.2, 0) is 9.53 Å². The fraction of sp³-hybridized carbons (Fsp3) is 0.571. The van der Waals surface area contributed by atoms with E-state index in [0.29, 0.717) is 12.0 Å². The summed E-state index contributed by atoms with van der Waals surface area (Å²) in [6, 6.07) is 0. The summed E-state index contributed by atoms with van der Waals surface area (Å²) in [5.41, 5.74) is 0.292. The van der Waals surface area contributed by atoms with Crippen molar-refractivity contribution < 1.29 is 19.7 Å². The molecule has 1 saturated heterocycles. The minimum absolute atomic E-state index is 0.292. The standard InChI is InChI=1S/C7H8O4/c8-4-2-5-3(7(9)10)1-6(4)11-5/h1,4-6,8H,2H2,(H,9,10)/t4-,5+,6+/m0/s1. The predicted molar refractivity (Wildman–Crippen MR) is 35.0 cm³/mol. The normalized spacial score (nSPS) is 40.8. The Morgan fingerprint density at radius 2 is 2.45 bits per heavy atom. The van der Waals surface area contributed by atoms with Gasteiger partial charge in [-0.25, -0.2) is 4.79 Å². The highest BCUT2D eigenvalue weighted by Crippen LogP contribution is 2.33. The molecule has 4 nitrogen and oxygen atoms in total. The zero-order valence-electron chi connectivity index (χ0n) is 5.73. The lowest BCUT2D eigenvalue weighted by Gasteiger charge is -2.09. The van der Waals surface area contributed by atoms with Crippen LogP contribution in [0, 0.1) is 0 Å². The lowest BCUT2D eigenvalue weighted by atomic mass is 9.97. The summed E-state index contributed by atoms with van der Waals surface area (Å²) in [5.74, 6) is -0.940. The van der Waals surface area contributed by atoms with Crippen LogP contribution in [0.2, 0.25) is 0 Å². The van der Waals surface area contributed by atoms with Crippen LogP contribution < -0.4 is 0 Å². The summed E-state index contributed by atoms with van der Waals surface area (Å²) in [6.45, 7) is 0. The lowest BCUT2D eigenvalue weighted by Crippen LogP contribution is -2.22.